The lowest BCUT2D eigenvalue weighted by atomic mass is 10.3. The number of piperazine rings is 1. The lowest BCUT2D eigenvalue weighted by Gasteiger charge is -2.32. The van der Waals surface area contributed by atoms with Crippen LogP contribution in [0.5, 0.6) is 0 Å². The van der Waals surface area contributed by atoms with Crippen molar-refractivity contribution in [2.45, 2.75) is 6.54 Å². The van der Waals surface area contributed by atoms with Crippen molar-refractivity contribution >= 4 is 15.9 Å². The number of aromatic nitrogens is 3. The van der Waals surface area contributed by atoms with Gasteiger partial charge in [-0.3, -0.25) is 4.90 Å². The molecule has 2 heterocycles. The Labute approximate surface area is 98.2 Å². The van der Waals surface area contributed by atoms with Gasteiger partial charge in [-0.05, 0) is 23.0 Å². The fourth-order valence-corrected chi connectivity index (χ4v) is 1.96. The summed E-state index contributed by atoms with van der Waals surface area (Å²) >= 11 is 3.29. The van der Waals surface area contributed by atoms with Crippen LogP contribution >= 0.6 is 15.9 Å². The summed E-state index contributed by atoms with van der Waals surface area (Å²) in [5.41, 5.74) is 0. The fraction of sp³-hybridized carbons (Fsp3) is 0.778. The molecule has 0 saturated carbocycles. The first kappa shape index (κ1) is 11.0. The first-order chi connectivity index (χ1) is 7.24. The third-order valence-electron chi connectivity index (χ3n) is 2.72. The minimum Gasteiger partial charge on any atom is -0.304 e. The highest BCUT2D eigenvalue weighted by Crippen LogP contribution is 2.02. The van der Waals surface area contributed by atoms with E-state index in [0.717, 1.165) is 43.9 Å². The van der Waals surface area contributed by atoms with Gasteiger partial charge in [0.05, 0.1) is 12.7 Å². The molecule has 15 heavy (non-hydrogen) atoms. The van der Waals surface area contributed by atoms with Gasteiger partial charge in [-0.15, -0.1) is 5.10 Å². The Bertz CT molecular complexity index is 305. The van der Waals surface area contributed by atoms with Gasteiger partial charge in [0.2, 0.25) is 0 Å². The van der Waals surface area contributed by atoms with Crippen LogP contribution < -0.4 is 0 Å². The van der Waals surface area contributed by atoms with Gasteiger partial charge in [0.15, 0.2) is 0 Å². The van der Waals surface area contributed by atoms with Gasteiger partial charge in [0.25, 0.3) is 0 Å². The van der Waals surface area contributed by atoms with Crippen LogP contribution in [0.3, 0.4) is 0 Å². The molecule has 1 aromatic rings. The van der Waals surface area contributed by atoms with Gasteiger partial charge in [-0.25, -0.2) is 0 Å². The lowest BCUT2D eigenvalue weighted by molar-refractivity contribution is 0.147. The van der Waals surface area contributed by atoms with Gasteiger partial charge in [-0.2, -0.15) is 9.90 Å². The summed E-state index contributed by atoms with van der Waals surface area (Å²) in [4.78, 5) is 6.55. The van der Waals surface area contributed by atoms with Crippen molar-refractivity contribution in [3.63, 3.8) is 0 Å². The fourth-order valence-electron chi connectivity index (χ4n) is 1.69. The number of nitrogens with zero attached hydrogens (tertiary/aromatic N) is 5. The zero-order valence-corrected chi connectivity index (χ0v) is 10.5. The Kier molecular flexibility index (Phi) is 3.71. The standard InChI is InChI=1S/C9H16BrN5/c1-13-2-4-14(5-3-13)6-7-15-11-8-9(10)12-15/h8H,2-7H2,1H3. The molecule has 1 aliphatic heterocycles. The second-order valence-corrected chi connectivity index (χ2v) is 4.72. The van der Waals surface area contributed by atoms with Crippen molar-refractivity contribution in [3.8, 4) is 0 Å². The molecule has 84 valence electrons. The van der Waals surface area contributed by atoms with E-state index in [1.807, 2.05) is 0 Å². The molecule has 0 N–H and O–H groups in total. The summed E-state index contributed by atoms with van der Waals surface area (Å²) in [6.45, 7) is 6.54. The quantitative estimate of drug-likeness (QED) is 0.794. The van der Waals surface area contributed by atoms with E-state index in [2.05, 4.69) is 43.0 Å². The lowest BCUT2D eigenvalue weighted by Crippen LogP contribution is -2.45. The van der Waals surface area contributed by atoms with Crippen molar-refractivity contribution in [2.75, 3.05) is 39.8 Å². The molecule has 5 nitrogen and oxygen atoms in total. The topological polar surface area (TPSA) is 37.2 Å². The maximum absolute atomic E-state index is 4.20. The zero-order valence-electron chi connectivity index (χ0n) is 8.93. The molecule has 1 fully saturated rings. The molecule has 1 aromatic heterocycles. The zero-order chi connectivity index (χ0) is 10.7. The number of rotatable bonds is 3. The second-order valence-electron chi connectivity index (χ2n) is 3.91. The SMILES string of the molecule is CN1CCN(CCn2ncc(Br)n2)CC1. The van der Waals surface area contributed by atoms with Crippen molar-refractivity contribution in [3.05, 3.63) is 10.8 Å². The summed E-state index contributed by atoms with van der Waals surface area (Å²) in [5.74, 6) is 0. The number of hydrogen-bond acceptors (Lipinski definition) is 4. The summed E-state index contributed by atoms with van der Waals surface area (Å²) in [6.07, 6.45) is 1.73. The van der Waals surface area contributed by atoms with Gasteiger partial charge < -0.3 is 4.90 Å². The Morgan fingerprint density at radius 3 is 2.60 bits per heavy atom. The van der Waals surface area contributed by atoms with Gasteiger partial charge in [0.1, 0.15) is 4.60 Å². The summed E-state index contributed by atoms with van der Waals surface area (Å²) in [6, 6.07) is 0. The maximum Gasteiger partial charge on any atom is 0.148 e. The van der Waals surface area contributed by atoms with Crippen LogP contribution in [0.4, 0.5) is 0 Å². The van der Waals surface area contributed by atoms with E-state index in [-0.39, 0.29) is 0 Å². The van der Waals surface area contributed by atoms with Gasteiger partial charge in [-0.1, -0.05) is 0 Å². The number of hydrogen-bond donors (Lipinski definition) is 0. The van der Waals surface area contributed by atoms with Crippen molar-refractivity contribution < 1.29 is 0 Å². The van der Waals surface area contributed by atoms with E-state index in [1.165, 1.54) is 0 Å². The monoisotopic (exact) mass is 273 g/mol. The molecular formula is C9H16BrN5. The normalized spacial score (nSPS) is 19.6. The largest absolute Gasteiger partial charge is 0.304 e. The van der Waals surface area contributed by atoms with Crippen molar-refractivity contribution in [2.24, 2.45) is 0 Å². The molecule has 2 rings (SSSR count). The van der Waals surface area contributed by atoms with E-state index in [4.69, 9.17) is 0 Å². The van der Waals surface area contributed by atoms with Crippen molar-refractivity contribution in [1.29, 1.82) is 0 Å². The summed E-state index contributed by atoms with van der Waals surface area (Å²) in [7, 11) is 2.17. The highest BCUT2D eigenvalue weighted by molar-refractivity contribution is 9.10. The minimum atomic E-state index is 0.806. The molecule has 1 saturated heterocycles. The Morgan fingerprint density at radius 1 is 1.27 bits per heavy atom. The molecule has 0 aliphatic carbocycles. The first-order valence-corrected chi connectivity index (χ1v) is 6.00. The van der Waals surface area contributed by atoms with Crippen LogP contribution in [0.25, 0.3) is 0 Å². The van der Waals surface area contributed by atoms with Crippen LogP contribution in [0.15, 0.2) is 10.8 Å². The third kappa shape index (κ3) is 3.25. The molecular weight excluding hydrogens is 258 g/mol. The van der Waals surface area contributed by atoms with Crippen LogP contribution in [0.2, 0.25) is 0 Å². The molecule has 0 unspecified atom stereocenters. The molecule has 0 aromatic carbocycles. The summed E-state index contributed by atoms with van der Waals surface area (Å²) in [5, 5.41) is 8.33. The molecule has 0 atom stereocenters. The van der Waals surface area contributed by atoms with E-state index in [0.29, 0.717) is 0 Å². The maximum atomic E-state index is 4.20. The van der Waals surface area contributed by atoms with E-state index in [9.17, 15) is 0 Å². The van der Waals surface area contributed by atoms with Gasteiger partial charge >= 0.3 is 0 Å². The molecule has 0 bridgehead atoms. The molecule has 0 radical (unpaired) electrons. The predicted octanol–water partition coefficient (Wildman–Crippen LogP) is 0.288. The van der Waals surface area contributed by atoms with E-state index >= 15 is 0 Å². The van der Waals surface area contributed by atoms with Crippen LogP contribution in [-0.2, 0) is 6.54 Å². The molecule has 0 amide bonds. The second kappa shape index (κ2) is 5.05. The molecule has 1 aliphatic rings. The van der Waals surface area contributed by atoms with E-state index < -0.39 is 0 Å². The Balaban J connectivity index is 1.74. The highest BCUT2D eigenvalue weighted by atomic mass is 79.9. The Hall–Kier alpha value is -0.460. The average Bonchev–Trinajstić information content (AvgIpc) is 2.64. The minimum absolute atomic E-state index is 0.806. The van der Waals surface area contributed by atoms with Crippen LogP contribution in [-0.4, -0.2) is 64.6 Å². The van der Waals surface area contributed by atoms with Crippen LogP contribution in [0.1, 0.15) is 0 Å². The number of halogens is 1. The third-order valence-corrected chi connectivity index (χ3v) is 3.08. The molecule has 6 heteroatoms. The highest BCUT2D eigenvalue weighted by Gasteiger charge is 2.13. The van der Waals surface area contributed by atoms with E-state index in [1.54, 1.807) is 11.0 Å². The predicted molar refractivity (Wildman–Crippen MR) is 61.7 cm³/mol. The average molecular weight is 274 g/mol. The first-order valence-electron chi connectivity index (χ1n) is 5.20. The van der Waals surface area contributed by atoms with Crippen LogP contribution in [0, 0.1) is 0 Å². The summed E-state index contributed by atoms with van der Waals surface area (Å²) < 4.78 is 0.806. The van der Waals surface area contributed by atoms with Crippen molar-refractivity contribution in [1.82, 2.24) is 24.8 Å². The smallest absolute Gasteiger partial charge is 0.148 e. The Morgan fingerprint density at radius 2 is 2.00 bits per heavy atom. The molecule has 0 spiro atoms. The van der Waals surface area contributed by atoms with Gasteiger partial charge in [0, 0.05) is 32.7 Å². The number of likely N-dealkylation sites (N-methyl/N-ethyl adjacent to an activating group) is 1.